The quantitative estimate of drug-likeness (QED) is 0.698. The van der Waals surface area contributed by atoms with Gasteiger partial charge in [-0.1, -0.05) is 6.07 Å². The maximum atomic E-state index is 5.43. The lowest BCUT2D eigenvalue weighted by atomic mass is 10.2. The summed E-state index contributed by atoms with van der Waals surface area (Å²) >= 11 is 0. The summed E-state index contributed by atoms with van der Waals surface area (Å²) in [5, 5.41) is 6.57. The van der Waals surface area contributed by atoms with Gasteiger partial charge >= 0.3 is 0 Å². The molecule has 3 aromatic rings. The number of benzene rings is 2. The highest BCUT2D eigenvalue weighted by Crippen LogP contribution is 2.35. The van der Waals surface area contributed by atoms with Crippen LogP contribution in [-0.2, 0) is 0 Å². The predicted octanol–water partition coefficient (Wildman–Crippen LogP) is 4.32. The zero-order valence-electron chi connectivity index (χ0n) is 15.4. The Morgan fingerprint density at radius 2 is 1.81 bits per heavy atom. The summed E-state index contributed by atoms with van der Waals surface area (Å²) in [5.74, 6) is 3.45. The molecule has 0 radical (unpaired) electrons. The molecule has 2 aromatic carbocycles. The van der Waals surface area contributed by atoms with Gasteiger partial charge < -0.3 is 24.8 Å². The fourth-order valence-electron chi connectivity index (χ4n) is 2.72. The first-order valence-electron chi connectivity index (χ1n) is 8.54. The minimum Gasteiger partial charge on any atom is -0.497 e. The Kier molecular flexibility index (Phi) is 4.42. The minimum absolute atomic E-state index is 0.249. The van der Waals surface area contributed by atoms with Crippen molar-refractivity contribution in [2.45, 2.75) is 13.8 Å². The lowest BCUT2D eigenvalue weighted by molar-refractivity contribution is 0.174. The smallest absolute Gasteiger partial charge is 0.231 e. The van der Waals surface area contributed by atoms with Crippen molar-refractivity contribution in [2.24, 2.45) is 0 Å². The maximum Gasteiger partial charge on any atom is 0.231 e. The number of aryl methyl sites for hydroxylation is 2. The minimum atomic E-state index is 0.249. The Morgan fingerprint density at radius 1 is 0.963 bits per heavy atom. The molecule has 27 heavy (non-hydrogen) atoms. The van der Waals surface area contributed by atoms with Crippen LogP contribution in [0.4, 0.5) is 23.1 Å². The molecule has 2 heterocycles. The molecule has 0 aliphatic carbocycles. The van der Waals surface area contributed by atoms with Gasteiger partial charge in [0.15, 0.2) is 11.5 Å². The van der Waals surface area contributed by atoms with Crippen LogP contribution < -0.4 is 24.8 Å². The van der Waals surface area contributed by atoms with E-state index in [1.165, 1.54) is 0 Å². The van der Waals surface area contributed by atoms with Gasteiger partial charge in [0.05, 0.1) is 7.11 Å². The van der Waals surface area contributed by atoms with Crippen molar-refractivity contribution >= 4 is 23.1 Å². The molecular weight excluding hydrogens is 344 g/mol. The number of nitrogens with one attached hydrogen (secondary N) is 2. The standard InChI is InChI=1S/C20H20N4O3/c1-12-4-6-15(25-3)9-16(12)23-20-21-10-13(2)19(24-20)22-14-5-7-17-18(8-14)27-11-26-17/h4-10H,11H2,1-3H3,(H2,21,22,23,24). The summed E-state index contributed by atoms with van der Waals surface area (Å²) in [6.45, 7) is 4.22. The molecule has 0 spiro atoms. The Morgan fingerprint density at radius 3 is 2.67 bits per heavy atom. The van der Waals surface area contributed by atoms with E-state index in [4.69, 9.17) is 14.2 Å². The third-order valence-electron chi connectivity index (χ3n) is 4.30. The van der Waals surface area contributed by atoms with Gasteiger partial charge in [0, 0.05) is 35.3 Å². The molecule has 1 aromatic heterocycles. The number of ether oxygens (including phenoxy) is 3. The second kappa shape index (κ2) is 7.03. The third kappa shape index (κ3) is 3.57. The zero-order valence-corrected chi connectivity index (χ0v) is 15.4. The first-order chi connectivity index (χ1) is 13.1. The van der Waals surface area contributed by atoms with Crippen molar-refractivity contribution < 1.29 is 14.2 Å². The van der Waals surface area contributed by atoms with Gasteiger partial charge in [-0.15, -0.1) is 0 Å². The second-order valence-corrected chi connectivity index (χ2v) is 6.22. The van der Waals surface area contributed by atoms with Crippen LogP contribution in [0.2, 0.25) is 0 Å². The molecule has 2 N–H and O–H groups in total. The van der Waals surface area contributed by atoms with Crippen LogP contribution in [0.15, 0.2) is 42.6 Å². The zero-order chi connectivity index (χ0) is 18.8. The maximum absolute atomic E-state index is 5.43. The molecule has 1 aliphatic heterocycles. The summed E-state index contributed by atoms with van der Waals surface area (Å²) in [6.07, 6.45) is 1.78. The van der Waals surface area contributed by atoms with Crippen LogP contribution >= 0.6 is 0 Å². The highest BCUT2D eigenvalue weighted by molar-refractivity contribution is 5.66. The number of rotatable bonds is 5. The van der Waals surface area contributed by atoms with Crippen molar-refractivity contribution in [1.29, 1.82) is 0 Å². The molecular formula is C20H20N4O3. The number of methoxy groups -OCH3 is 1. The molecule has 0 fully saturated rings. The molecule has 7 heteroatoms. The van der Waals surface area contributed by atoms with Gasteiger partial charge in [-0.05, 0) is 37.6 Å². The number of hydrogen-bond acceptors (Lipinski definition) is 7. The summed E-state index contributed by atoms with van der Waals surface area (Å²) in [6, 6.07) is 11.5. The fourth-order valence-corrected chi connectivity index (χ4v) is 2.72. The summed E-state index contributed by atoms with van der Waals surface area (Å²) in [5.41, 5.74) is 3.77. The van der Waals surface area contributed by atoms with Crippen molar-refractivity contribution in [3.63, 3.8) is 0 Å². The van der Waals surface area contributed by atoms with E-state index in [9.17, 15) is 0 Å². The molecule has 0 unspecified atom stereocenters. The monoisotopic (exact) mass is 364 g/mol. The van der Waals surface area contributed by atoms with Crippen LogP contribution in [-0.4, -0.2) is 23.9 Å². The molecule has 0 amide bonds. The van der Waals surface area contributed by atoms with Gasteiger partial charge in [-0.3, -0.25) is 0 Å². The number of aromatic nitrogens is 2. The average molecular weight is 364 g/mol. The first-order valence-corrected chi connectivity index (χ1v) is 8.54. The lowest BCUT2D eigenvalue weighted by Crippen LogP contribution is -2.03. The van der Waals surface area contributed by atoms with Crippen molar-refractivity contribution in [1.82, 2.24) is 9.97 Å². The Hall–Kier alpha value is -3.48. The SMILES string of the molecule is COc1ccc(C)c(Nc2ncc(C)c(Nc3ccc4c(c3)OCO4)n2)c1. The number of anilines is 4. The van der Waals surface area contributed by atoms with Crippen molar-refractivity contribution in [2.75, 3.05) is 24.5 Å². The third-order valence-corrected chi connectivity index (χ3v) is 4.30. The molecule has 0 saturated heterocycles. The van der Waals surface area contributed by atoms with E-state index < -0.39 is 0 Å². The van der Waals surface area contributed by atoms with E-state index in [0.717, 1.165) is 39.8 Å². The van der Waals surface area contributed by atoms with E-state index >= 15 is 0 Å². The molecule has 0 bridgehead atoms. The number of fused-ring (bicyclic) bond motifs is 1. The van der Waals surface area contributed by atoms with E-state index in [0.29, 0.717) is 11.8 Å². The van der Waals surface area contributed by atoms with Crippen molar-refractivity contribution in [3.8, 4) is 17.2 Å². The average Bonchev–Trinajstić information content (AvgIpc) is 3.14. The Labute approximate surface area is 157 Å². The second-order valence-electron chi connectivity index (χ2n) is 6.22. The van der Waals surface area contributed by atoms with Crippen LogP contribution in [0, 0.1) is 13.8 Å². The molecule has 4 rings (SSSR count). The molecule has 1 aliphatic rings. The van der Waals surface area contributed by atoms with E-state index in [-0.39, 0.29) is 6.79 Å². The predicted molar refractivity (Wildman–Crippen MR) is 104 cm³/mol. The molecule has 7 nitrogen and oxygen atoms in total. The first kappa shape index (κ1) is 17.0. The van der Waals surface area contributed by atoms with Crippen LogP contribution in [0.3, 0.4) is 0 Å². The molecule has 0 atom stereocenters. The summed E-state index contributed by atoms with van der Waals surface area (Å²) < 4.78 is 16.1. The lowest BCUT2D eigenvalue weighted by Gasteiger charge is -2.13. The summed E-state index contributed by atoms with van der Waals surface area (Å²) in [4.78, 5) is 8.99. The normalized spacial score (nSPS) is 12.0. The molecule has 0 saturated carbocycles. The van der Waals surface area contributed by atoms with Gasteiger partial charge in [0.25, 0.3) is 0 Å². The number of nitrogens with zero attached hydrogens (tertiary/aromatic N) is 2. The van der Waals surface area contributed by atoms with E-state index in [2.05, 4.69) is 20.6 Å². The van der Waals surface area contributed by atoms with E-state index in [1.807, 2.05) is 50.2 Å². The highest BCUT2D eigenvalue weighted by Gasteiger charge is 2.14. The van der Waals surface area contributed by atoms with Gasteiger partial charge in [0.1, 0.15) is 11.6 Å². The number of hydrogen-bond donors (Lipinski definition) is 2. The van der Waals surface area contributed by atoms with Gasteiger partial charge in [-0.25, -0.2) is 4.98 Å². The van der Waals surface area contributed by atoms with Crippen molar-refractivity contribution in [3.05, 3.63) is 53.7 Å². The van der Waals surface area contributed by atoms with Gasteiger partial charge in [0.2, 0.25) is 12.7 Å². The summed E-state index contributed by atoms with van der Waals surface area (Å²) in [7, 11) is 1.64. The van der Waals surface area contributed by atoms with E-state index in [1.54, 1.807) is 13.3 Å². The largest absolute Gasteiger partial charge is 0.497 e. The highest BCUT2D eigenvalue weighted by atomic mass is 16.7. The van der Waals surface area contributed by atoms with Crippen LogP contribution in [0.5, 0.6) is 17.2 Å². The Bertz CT molecular complexity index is 991. The fraction of sp³-hybridized carbons (Fsp3) is 0.200. The van der Waals surface area contributed by atoms with Crippen LogP contribution in [0.1, 0.15) is 11.1 Å². The van der Waals surface area contributed by atoms with Gasteiger partial charge in [-0.2, -0.15) is 4.98 Å². The molecule has 138 valence electrons. The topological polar surface area (TPSA) is 77.5 Å². The Balaban J connectivity index is 1.58. The van der Waals surface area contributed by atoms with Crippen LogP contribution in [0.25, 0.3) is 0 Å².